The van der Waals surface area contributed by atoms with Crippen LogP contribution in [0.4, 0.5) is 41.9 Å². The van der Waals surface area contributed by atoms with Crippen LogP contribution in [0.3, 0.4) is 0 Å². The molecule has 0 atom stereocenters. The highest BCUT2D eigenvalue weighted by Crippen LogP contribution is 2.32. The van der Waals surface area contributed by atoms with Crippen molar-refractivity contribution in [3.63, 3.8) is 0 Å². The molecule has 0 unspecified atom stereocenters. The molecular formula is C17H13F3N6O3. The Balaban J connectivity index is 1.79. The average Bonchev–Trinajstić information content (AvgIpc) is 2.67. The van der Waals surface area contributed by atoms with Crippen molar-refractivity contribution in [1.29, 1.82) is 0 Å². The van der Waals surface area contributed by atoms with E-state index in [2.05, 4.69) is 30.9 Å². The highest BCUT2D eigenvalue weighted by atomic mass is 19.4. The molecule has 0 saturated heterocycles. The van der Waals surface area contributed by atoms with Gasteiger partial charge < -0.3 is 10.1 Å². The summed E-state index contributed by atoms with van der Waals surface area (Å²) in [6, 6.07) is 13.5. The Hall–Kier alpha value is -4.09. The number of nitro groups is 1. The lowest BCUT2D eigenvalue weighted by molar-refractivity contribution is -0.383. The van der Waals surface area contributed by atoms with Crippen molar-refractivity contribution in [3.8, 4) is 5.75 Å². The number of halogens is 3. The van der Waals surface area contributed by atoms with Gasteiger partial charge in [-0.3, -0.25) is 21.0 Å². The highest BCUT2D eigenvalue weighted by Gasteiger charge is 2.31. The molecule has 3 N–H and O–H groups in total. The molecule has 29 heavy (non-hydrogen) atoms. The molecule has 12 heteroatoms. The Labute approximate surface area is 161 Å². The lowest BCUT2D eigenvalue weighted by atomic mass is 10.3. The maximum Gasteiger partial charge on any atom is 0.573 e. The molecule has 0 bridgehead atoms. The van der Waals surface area contributed by atoms with Crippen LogP contribution in [-0.4, -0.2) is 21.3 Å². The molecule has 0 aliphatic heterocycles. The maximum atomic E-state index is 12.2. The van der Waals surface area contributed by atoms with E-state index in [-0.39, 0.29) is 17.3 Å². The smallest absolute Gasteiger partial charge is 0.406 e. The van der Waals surface area contributed by atoms with E-state index in [0.29, 0.717) is 5.69 Å². The number of hydrazine groups is 1. The number of alkyl halides is 3. The molecule has 0 fully saturated rings. The van der Waals surface area contributed by atoms with Crippen LogP contribution < -0.4 is 20.9 Å². The van der Waals surface area contributed by atoms with Crippen LogP contribution in [0, 0.1) is 10.1 Å². The Kier molecular flexibility index (Phi) is 5.62. The molecule has 0 aliphatic rings. The van der Waals surface area contributed by atoms with Gasteiger partial charge in [-0.1, -0.05) is 18.2 Å². The molecule has 0 spiro atoms. The first-order chi connectivity index (χ1) is 13.8. The van der Waals surface area contributed by atoms with E-state index in [1.54, 1.807) is 24.3 Å². The first-order valence-electron chi connectivity index (χ1n) is 8.01. The van der Waals surface area contributed by atoms with Gasteiger partial charge in [0.05, 0.1) is 10.6 Å². The lowest BCUT2D eigenvalue weighted by Crippen LogP contribution is -2.17. The number of rotatable bonds is 7. The summed E-state index contributed by atoms with van der Waals surface area (Å²) in [6.45, 7) is 0. The fourth-order valence-electron chi connectivity index (χ4n) is 2.26. The second kappa shape index (κ2) is 8.29. The SMILES string of the molecule is O=[N+]([O-])c1c(NNc2ccccc2)ncnc1Nc1ccc(OC(F)(F)F)cc1. The summed E-state index contributed by atoms with van der Waals surface area (Å²) in [7, 11) is 0. The number of hydrogen-bond acceptors (Lipinski definition) is 8. The number of ether oxygens (including phenoxy) is 1. The Morgan fingerprint density at radius 2 is 1.55 bits per heavy atom. The van der Waals surface area contributed by atoms with Crippen molar-refractivity contribution < 1.29 is 22.8 Å². The van der Waals surface area contributed by atoms with Gasteiger partial charge in [0.15, 0.2) is 0 Å². The van der Waals surface area contributed by atoms with Gasteiger partial charge >= 0.3 is 12.0 Å². The third-order valence-electron chi connectivity index (χ3n) is 3.45. The zero-order chi connectivity index (χ0) is 20.9. The van der Waals surface area contributed by atoms with Gasteiger partial charge in [-0.05, 0) is 36.4 Å². The number of benzene rings is 2. The summed E-state index contributed by atoms with van der Waals surface area (Å²) < 4.78 is 40.5. The second-order valence-corrected chi connectivity index (χ2v) is 5.49. The van der Waals surface area contributed by atoms with Crippen LogP contribution >= 0.6 is 0 Å². The van der Waals surface area contributed by atoms with Gasteiger partial charge in [-0.15, -0.1) is 13.2 Å². The number of anilines is 4. The van der Waals surface area contributed by atoms with Crippen LogP contribution in [0.1, 0.15) is 0 Å². The van der Waals surface area contributed by atoms with Gasteiger partial charge in [0, 0.05) is 5.69 Å². The minimum atomic E-state index is -4.81. The number of nitrogens with one attached hydrogen (secondary N) is 3. The van der Waals surface area contributed by atoms with Crippen LogP contribution in [0.15, 0.2) is 60.9 Å². The van der Waals surface area contributed by atoms with Crippen molar-refractivity contribution in [3.05, 3.63) is 71.0 Å². The van der Waals surface area contributed by atoms with E-state index in [0.717, 1.165) is 18.5 Å². The van der Waals surface area contributed by atoms with E-state index >= 15 is 0 Å². The van der Waals surface area contributed by atoms with Crippen molar-refractivity contribution in [2.24, 2.45) is 0 Å². The van der Waals surface area contributed by atoms with Gasteiger partial charge in [0.25, 0.3) is 0 Å². The molecule has 2 aromatic carbocycles. The normalized spacial score (nSPS) is 10.9. The van der Waals surface area contributed by atoms with Crippen LogP contribution in [0.5, 0.6) is 5.75 Å². The molecule has 0 aliphatic carbocycles. The first kappa shape index (κ1) is 19.7. The number of hydrogen-bond donors (Lipinski definition) is 3. The summed E-state index contributed by atoms with van der Waals surface area (Å²) in [6.07, 6.45) is -3.71. The van der Waals surface area contributed by atoms with Crippen LogP contribution in [0.25, 0.3) is 0 Å². The van der Waals surface area contributed by atoms with Crippen LogP contribution in [0.2, 0.25) is 0 Å². The molecule has 1 aromatic heterocycles. The molecular weight excluding hydrogens is 393 g/mol. The van der Waals surface area contributed by atoms with E-state index in [4.69, 9.17) is 0 Å². The largest absolute Gasteiger partial charge is 0.573 e. The summed E-state index contributed by atoms with van der Waals surface area (Å²) in [5, 5.41) is 14.2. The van der Waals surface area contributed by atoms with Crippen molar-refractivity contribution in [1.82, 2.24) is 9.97 Å². The van der Waals surface area contributed by atoms with Crippen molar-refractivity contribution >= 4 is 28.7 Å². The molecule has 0 amide bonds. The van der Waals surface area contributed by atoms with Crippen molar-refractivity contribution in [2.75, 3.05) is 16.2 Å². The fourth-order valence-corrected chi connectivity index (χ4v) is 2.26. The quantitative estimate of drug-likeness (QED) is 0.389. The summed E-state index contributed by atoms with van der Waals surface area (Å²) >= 11 is 0. The molecule has 3 aromatic rings. The van der Waals surface area contributed by atoms with E-state index in [9.17, 15) is 23.3 Å². The molecule has 150 valence electrons. The van der Waals surface area contributed by atoms with E-state index in [1.165, 1.54) is 12.1 Å². The van der Waals surface area contributed by atoms with Gasteiger partial charge in [-0.25, -0.2) is 9.97 Å². The third-order valence-corrected chi connectivity index (χ3v) is 3.45. The summed E-state index contributed by atoms with van der Waals surface area (Å²) in [4.78, 5) is 18.6. The predicted octanol–water partition coefficient (Wildman–Crippen LogP) is 4.47. The molecule has 0 saturated carbocycles. The average molecular weight is 406 g/mol. The minimum Gasteiger partial charge on any atom is -0.406 e. The van der Waals surface area contributed by atoms with Gasteiger partial charge in [0.1, 0.15) is 12.1 Å². The number of aromatic nitrogens is 2. The van der Waals surface area contributed by atoms with Gasteiger partial charge in [-0.2, -0.15) is 0 Å². The number of para-hydroxylation sites is 1. The lowest BCUT2D eigenvalue weighted by Gasteiger charge is -2.12. The van der Waals surface area contributed by atoms with Crippen LogP contribution in [-0.2, 0) is 0 Å². The first-order valence-corrected chi connectivity index (χ1v) is 8.01. The minimum absolute atomic E-state index is 0.103. The van der Waals surface area contributed by atoms with E-state index in [1.807, 2.05) is 6.07 Å². The fraction of sp³-hybridized carbons (Fsp3) is 0.0588. The van der Waals surface area contributed by atoms with Crippen molar-refractivity contribution in [2.45, 2.75) is 6.36 Å². The highest BCUT2D eigenvalue weighted by molar-refractivity contribution is 5.74. The zero-order valence-corrected chi connectivity index (χ0v) is 14.5. The topological polar surface area (TPSA) is 114 Å². The molecule has 9 nitrogen and oxygen atoms in total. The van der Waals surface area contributed by atoms with E-state index < -0.39 is 22.7 Å². The Morgan fingerprint density at radius 1 is 0.897 bits per heavy atom. The molecule has 3 rings (SSSR count). The summed E-state index contributed by atoms with van der Waals surface area (Å²) in [5.41, 5.74) is 5.89. The zero-order valence-electron chi connectivity index (χ0n) is 14.5. The second-order valence-electron chi connectivity index (χ2n) is 5.49. The monoisotopic (exact) mass is 406 g/mol. The maximum absolute atomic E-state index is 12.2. The summed E-state index contributed by atoms with van der Waals surface area (Å²) in [5.74, 6) is -0.671. The Bertz CT molecular complexity index is 984. The standard InChI is InChI=1S/C17H13F3N6O3/c18-17(19,20)29-13-8-6-11(7-9-13)23-15-14(26(27)28)16(22-10-21-15)25-24-12-4-2-1-3-5-12/h1-10,24H,(H2,21,22,23,25). The molecule has 1 heterocycles. The number of nitrogens with zero attached hydrogens (tertiary/aromatic N) is 3. The predicted molar refractivity (Wildman–Crippen MR) is 98.8 cm³/mol. The molecule has 0 radical (unpaired) electrons. The Morgan fingerprint density at radius 3 is 2.17 bits per heavy atom. The van der Waals surface area contributed by atoms with Gasteiger partial charge in [0.2, 0.25) is 11.6 Å². The third kappa shape index (κ3) is 5.45.